The van der Waals surface area contributed by atoms with Crippen LogP contribution in [0.25, 0.3) is 0 Å². The molecular weight excluding hydrogens is 310 g/mol. The van der Waals surface area contributed by atoms with E-state index in [1.54, 1.807) is 6.92 Å². The minimum Gasteiger partial charge on any atom is -0.339 e. The summed E-state index contributed by atoms with van der Waals surface area (Å²) in [5, 5.41) is 0. The number of hydrogen-bond acceptors (Lipinski definition) is 4. The van der Waals surface area contributed by atoms with E-state index in [-0.39, 0.29) is 5.78 Å². The maximum atomic E-state index is 11.3. The van der Waals surface area contributed by atoms with Gasteiger partial charge in [-0.05, 0) is 48.3 Å². The third-order valence-corrected chi connectivity index (χ3v) is 5.44. The molecule has 0 bridgehead atoms. The number of nitrogens with zero attached hydrogens (tertiary/aromatic N) is 3. The van der Waals surface area contributed by atoms with Crippen LogP contribution in [-0.2, 0) is 4.79 Å². The zero-order valence-electron chi connectivity index (χ0n) is 15.0. The van der Waals surface area contributed by atoms with Crippen molar-refractivity contribution < 1.29 is 4.79 Å². The molecule has 2 aromatic rings. The van der Waals surface area contributed by atoms with Gasteiger partial charge < -0.3 is 9.69 Å². The number of hydrogen-bond donors (Lipinski definition) is 0. The van der Waals surface area contributed by atoms with E-state index in [0.717, 1.165) is 19.0 Å². The summed E-state index contributed by atoms with van der Waals surface area (Å²) in [5.74, 6) is 2.65. The van der Waals surface area contributed by atoms with Crippen LogP contribution in [0.15, 0.2) is 36.7 Å². The van der Waals surface area contributed by atoms with Crippen LogP contribution in [0.2, 0.25) is 0 Å². The molecule has 2 aliphatic rings. The second-order valence-electron chi connectivity index (χ2n) is 7.67. The Bertz CT molecular complexity index is 744. The van der Waals surface area contributed by atoms with Gasteiger partial charge in [-0.2, -0.15) is 0 Å². The molecule has 25 heavy (non-hydrogen) atoms. The van der Waals surface area contributed by atoms with Crippen molar-refractivity contribution in [1.29, 1.82) is 0 Å². The Morgan fingerprint density at radius 2 is 1.72 bits per heavy atom. The van der Waals surface area contributed by atoms with Gasteiger partial charge in [-0.3, -0.25) is 0 Å². The number of aromatic nitrogens is 2. The zero-order chi connectivity index (χ0) is 17.4. The van der Waals surface area contributed by atoms with Gasteiger partial charge in [0, 0.05) is 37.8 Å². The second kappa shape index (κ2) is 6.58. The SMILES string of the molecule is CC(=O)C[C@@H](C)c1ccc(C2CN(c3ncc(C4CC4)cn3)C2)cc1. The van der Waals surface area contributed by atoms with Crippen LogP contribution in [0.3, 0.4) is 0 Å². The largest absolute Gasteiger partial charge is 0.339 e. The number of ketones is 1. The topological polar surface area (TPSA) is 46.1 Å². The van der Waals surface area contributed by atoms with Crippen molar-refractivity contribution >= 4 is 11.7 Å². The van der Waals surface area contributed by atoms with E-state index >= 15 is 0 Å². The Hall–Kier alpha value is -2.23. The fraction of sp³-hybridized carbons (Fsp3) is 0.476. The number of carbonyl (C=O) groups is 1. The number of rotatable bonds is 6. The van der Waals surface area contributed by atoms with E-state index in [4.69, 9.17) is 0 Å². The summed E-state index contributed by atoms with van der Waals surface area (Å²) >= 11 is 0. The Morgan fingerprint density at radius 3 is 2.28 bits per heavy atom. The molecule has 0 N–H and O–H groups in total. The van der Waals surface area contributed by atoms with Crippen molar-refractivity contribution in [3.05, 3.63) is 53.3 Å². The summed E-state index contributed by atoms with van der Waals surface area (Å²) in [7, 11) is 0. The molecule has 1 saturated carbocycles. The molecule has 1 aromatic carbocycles. The molecule has 0 radical (unpaired) electrons. The maximum absolute atomic E-state index is 11.3. The normalized spacial score (nSPS) is 18.7. The number of carbonyl (C=O) groups excluding carboxylic acids is 1. The van der Waals surface area contributed by atoms with E-state index in [9.17, 15) is 4.79 Å². The lowest BCUT2D eigenvalue weighted by Gasteiger charge is -2.39. The van der Waals surface area contributed by atoms with Crippen LogP contribution in [0.5, 0.6) is 0 Å². The molecule has 1 aliphatic carbocycles. The second-order valence-corrected chi connectivity index (χ2v) is 7.67. The lowest BCUT2D eigenvalue weighted by atomic mass is 9.89. The average Bonchev–Trinajstić information content (AvgIpc) is 3.39. The highest BCUT2D eigenvalue weighted by atomic mass is 16.1. The molecule has 4 nitrogen and oxygen atoms in total. The molecule has 0 amide bonds. The first kappa shape index (κ1) is 16.2. The third kappa shape index (κ3) is 3.58. The number of anilines is 1. The lowest BCUT2D eigenvalue weighted by Crippen LogP contribution is -2.45. The fourth-order valence-electron chi connectivity index (χ4n) is 3.62. The summed E-state index contributed by atoms with van der Waals surface area (Å²) in [6.07, 6.45) is 7.19. The first-order chi connectivity index (χ1) is 12.1. The van der Waals surface area contributed by atoms with Crippen molar-refractivity contribution in [1.82, 2.24) is 9.97 Å². The highest BCUT2D eigenvalue weighted by Gasteiger charge is 2.30. The molecule has 1 saturated heterocycles. The predicted octanol–water partition coefficient (Wildman–Crippen LogP) is 4.04. The van der Waals surface area contributed by atoms with Crippen molar-refractivity contribution in [2.45, 2.75) is 50.9 Å². The number of Topliss-reactive ketones (excluding diaryl/α,β-unsaturated/α-hetero) is 1. The van der Waals surface area contributed by atoms with Gasteiger partial charge in [-0.1, -0.05) is 31.2 Å². The molecule has 1 aliphatic heterocycles. The summed E-state index contributed by atoms with van der Waals surface area (Å²) in [6, 6.07) is 8.77. The van der Waals surface area contributed by atoms with E-state index in [1.165, 1.54) is 29.5 Å². The Balaban J connectivity index is 1.34. The van der Waals surface area contributed by atoms with Crippen molar-refractivity contribution in [3.8, 4) is 0 Å². The van der Waals surface area contributed by atoms with E-state index in [1.807, 2.05) is 12.4 Å². The van der Waals surface area contributed by atoms with Crippen molar-refractivity contribution in [2.24, 2.45) is 0 Å². The van der Waals surface area contributed by atoms with Gasteiger partial charge in [-0.25, -0.2) is 9.97 Å². The highest BCUT2D eigenvalue weighted by molar-refractivity contribution is 5.76. The third-order valence-electron chi connectivity index (χ3n) is 5.44. The fourth-order valence-corrected chi connectivity index (χ4v) is 3.62. The molecular formula is C21H25N3O. The molecule has 130 valence electrons. The molecule has 0 unspecified atom stereocenters. The predicted molar refractivity (Wildman–Crippen MR) is 99.1 cm³/mol. The van der Waals surface area contributed by atoms with E-state index in [2.05, 4.69) is 46.1 Å². The monoisotopic (exact) mass is 335 g/mol. The van der Waals surface area contributed by atoms with Gasteiger partial charge in [0.25, 0.3) is 0 Å². The van der Waals surface area contributed by atoms with Crippen LogP contribution >= 0.6 is 0 Å². The van der Waals surface area contributed by atoms with Crippen LogP contribution in [-0.4, -0.2) is 28.8 Å². The molecule has 2 heterocycles. The Kier molecular flexibility index (Phi) is 4.28. The Morgan fingerprint density at radius 1 is 1.08 bits per heavy atom. The Labute approximate surface area is 149 Å². The minimum absolute atomic E-state index is 0.249. The summed E-state index contributed by atoms with van der Waals surface area (Å²) < 4.78 is 0. The van der Waals surface area contributed by atoms with E-state index < -0.39 is 0 Å². The molecule has 4 heteroatoms. The summed E-state index contributed by atoms with van der Waals surface area (Å²) in [6.45, 7) is 5.73. The molecule has 2 fully saturated rings. The van der Waals surface area contributed by atoms with Crippen molar-refractivity contribution in [3.63, 3.8) is 0 Å². The van der Waals surface area contributed by atoms with Gasteiger partial charge in [0.1, 0.15) is 5.78 Å². The van der Waals surface area contributed by atoms with Crippen LogP contribution < -0.4 is 4.90 Å². The zero-order valence-corrected chi connectivity index (χ0v) is 15.0. The highest BCUT2D eigenvalue weighted by Crippen LogP contribution is 2.39. The van der Waals surface area contributed by atoms with Gasteiger partial charge >= 0.3 is 0 Å². The van der Waals surface area contributed by atoms with E-state index in [0.29, 0.717) is 24.2 Å². The van der Waals surface area contributed by atoms with Gasteiger partial charge in [0.05, 0.1) is 0 Å². The quantitative estimate of drug-likeness (QED) is 0.799. The van der Waals surface area contributed by atoms with Crippen LogP contribution in [0.4, 0.5) is 5.95 Å². The maximum Gasteiger partial charge on any atom is 0.225 e. The average molecular weight is 335 g/mol. The lowest BCUT2D eigenvalue weighted by molar-refractivity contribution is -0.117. The van der Waals surface area contributed by atoms with Gasteiger partial charge in [-0.15, -0.1) is 0 Å². The first-order valence-electron chi connectivity index (χ1n) is 9.26. The molecule has 4 rings (SSSR count). The van der Waals surface area contributed by atoms with Crippen LogP contribution in [0.1, 0.15) is 67.6 Å². The molecule has 0 spiro atoms. The standard InChI is InChI=1S/C21H25N3O/c1-14(9-15(2)25)16-3-5-18(6-4-16)20-12-24(13-20)21-22-10-19(11-23-21)17-7-8-17/h3-6,10-11,14,17,20H,7-9,12-13H2,1-2H3/t14-/m1/s1. The smallest absolute Gasteiger partial charge is 0.225 e. The van der Waals surface area contributed by atoms with Gasteiger partial charge in [0.2, 0.25) is 5.95 Å². The first-order valence-corrected chi connectivity index (χ1v) is 9.26. The molecule has 1 aromatic heterocycles. The van der Waals surface area contributed by atoms with Crippen LogP contribution in [0, 0.1) is 0 Å². The summed E-state index contributed by atoms with van der Waals surface area (Å²) in [4.78, 5) is 22.6. The minimum atomic E-state index is 0.249. The molecule has 1 atom stereocenters. The van der Waals surface area contributed by atoms with Gasteiger partial charge in [0.15, 0.2) is 0 Å². The summed E-state index contributed by atoms with van der Waals surface area (Å²) in [5.41, 5.74) is 3.90. The number of benzene rings is 1. The van der Waals surface area contributed by atoms with Crippen molar-refractivity contribution in [2.75, 3.05) is 18.0 Å².